The summed E-state index contributed by atoms with van der Waals surface area (Å²) in [7, 11) is -3.92. The van der Waals surface area contributed by atoms with E-state index in [1.54, 1.807) is 0 Å². The summed E-state index contributed by atoms with van der Waals surface area (Å²) >= 11 is 0. The normalized spacial score (nSPS) is 11.9. The SMILES string of the molecule is CCCCCCCCCCCCCCCCCCCCCCCCCCCCCCCCCS(=O)(=O)OF. The Hall–Kier alpha value is -0.160. The van der Waals surface area contributed by atoms with Crippen molar-refractivity contribution < 1.29 is 17.3 Å². The van der Waals surface area contributed by atoms with E-state index in [1.165, 1.54) is 173 Å². The summed E-state index contributed by atoms with van der Waals surface area (Å²) in [5.74, 6) is -0.205. The van der Waals surface area contributed by atoms with Crippen molar-refractivity contribution in [3.8, 4) is 0 Å². The molecule has 0 rings (SSSR count). The third-order valence-electron chi connectivity index (χ3n) is 8.09. The van der Waals surface area contributed by atoms with E-state index >= 15 is 0 Å². The zero-order valence-electron chi connectivity index (χ0n) is 25.6. The van der Waals surface area contributed by atoms with Gasteiger partial charge in [-0.15, -0.1) is 0 Å². The van der Waals surface area contributed by atoms with Gasteiger partial charge in [0.1, 0.15) is 0 Å². The van der Waals surface area contributed by atoms with E-state index in [0.717, 1.165) is 19.3 Å². The molecular weight excluding hydrogens is 495 g/mol. The fraction of sp³-hybridized carbons (Fsp3) is 1.00. The largest absolute Gasteiger partial charge is 0.297 e. The second kappa shape index (κ2) is 31.4. The van der Waals surface area contributed by atoms with Crippen molar-refractivity contribution >= 4 is 10.1 Å². The van der Waals surface area contributed by atoms with Crippen LogP contribution in [0.4, 0.5) is 4.53 Å². The van der Waals surface area contributed by atoms with E-state index in [-0.39, 0.29) is 5.75 Å². The van der Waals surface area contributed by atoms with E-state index in [9.17, 15) is 12.9 Å². The van der Waals surface area contributed by atoms with Crippen LogP contribution in [-0.2, 0) is 14.5 Å². The molecule has 230 valence electrons. The summed E-state index contributed by atoms with van der Waals surface area (Å²) < 4.78 is 36.4. The van der Waals surface area contributed by atoms with Crippen LogP contribution in [0.3, 0.4) is 0 Å². The molecule has 0 unspecified atom stereocenters. The first kappa shape index (κ1) is 37.8. The smallest absolute Gasteiger partial charge is 0.197 e. The van der Waals surface area contributed by atoms with Crippen molar-refractivity contribution in [2.45, 2.75) is 206 Å². The van der Waals surface area contributed by atoms with Crippen LogP contribution in [0.2, 0.25) is 0 Å². The maximum Gasteiger partial charge on any atom is 0.297 e. The molecule has 0 aromatic rings. The van der Waals surface area contributed by atoms with Gasteiger partial charge in [-0.1, -0.05) is 204 Å². The number of unbranched alkanes of at least 4 members (excludes halogenated alkanes) is 30. The van der Waals surface area contributed by atoms with Crippen LogP contribution in [-0.4, -0.2) is 14.2 Å². The molecule has 38 heavy (non-hydrogen) atoms. The molecule has 0 heterocycles. The Morgan fingerprint density at radius 1 is 0.368 bits per heavy atom. The van der Waals surface area contributed by atoms with Crippen molar-refractivity contribution in [2.24, 2.45) is 0 Å². The quantitative estimate of drug-likeness (QED) is 0.0747. The predicted molar refractivity (Wildman–Crippen MR) is 165 cm³/mol. The minimum absolute atomic E-state index is 0.205. The Labute approximate surface area is 238 Å². The van der Waals surface area contributed by atoms with Gasteiger partial charge >= 0.3 is 0 Å². The highest BCUT2D eigenvalue weighted by Gasteiger charge is 2.10. The lowest BCUT2D eigenvalue weighted by atomic mass is 10.0. The van der Waals surface area contributed by atoms with Crippen molar-refractivity contribution in [3.05, 3.63) is 0 Å². The lowest BCUT2D eigenvalue weighted by Crippen LogP contribution is -2.05. The molecule has 0 aliphatic rings. The molecule has 0 fully saturated rings. The van der Waals surface area contributed by atoms with Gasteiger partial charge in [0.25, 0.3) is 10.1 Å². The summed E-state index contributed by atoms with van der Waals surface area (Å²) in [4.78, 5) is 0. The van der Waals surface area contributed by atoms with Crippen LogP contribution in [0.15, 0.2) is 0 Å². The average molecular weight is 563 g/mol. The van der Waals surface area contributed by atoms with Crippen molar-refractivity contribution in [3.63, 3.8) is 0 Å². The molecule has 0 aromatic carbocycles. The Morgan fingerprint density at radius 2 is 0.553 bits per heavy atom. The Kier molecular flexibility index (Phi) is 31.2. The van der Waals surface area contributed by atoms with Crippen molar-refractivity contribution in [1.29, 1.82) is 0 Å². The molecule has 0 saturated carbocycles. The molecule has 3 nitrogen and oxygen atoms in total. The molecule has 0 bridgehead atoms. The Morgan fingerprint density at radius 3 is 0.737 bits per heavy atom. The van der Waals surface area contributed by atoms with Crippen LogP contribution >= 0.6 is 0 Å². The first-order valence-corrected chi connectivity index (χ1v) is 18.7. The second-order valence-corrected chi connectivity index (χ2v) is 13.6. The highest BCUT2D eigenvalue weighted by molar-refractivity contribution is 7.86. The number of halogens is 1. The Bertz CT molecular complexity index is 538. The van der Waals surface area contributed by atoms with Crippen LogP contribution in [0.1, 0.15) is 206 Å². The van der Waals surface area contributed by atoms with E-state index < -0.39 is 10.1 Å². The van der Waals surface area contributed by atoms with E-state index in [0.29, 0.717) is 6.42 Å². The molecule has 0 aliphatic carbocycles. The highest BCUT2D eigenvalue weighted by atomic mass is 32.2. The Balaban J connectivity index is 3.07. The predicted octanol–water partition coefficient (Wildman–Crippen LogP) is 12.3. The first-order chi connectivity index (χ1) is 18.6. The van der Waals surface area contributed by atoms with E-state index in [2.05, 4.69) is 11.3 Å². The summed E-state index contributed by atoms with van der Waals surface area (Å²) in [6.45, 7) is 2.29. The lowest BCUT2D eigenvalue weighted by Gasteiger charge is -2.04. The van der Waals surface area contributed by atoms with Gasteiger partial charge in [0.15, 0.2) is 0 Å². The molecular formula is C33H67FO3S. The molecule has 0 N–H and O–H groups in total. The van der Waals surface area contributed by atoms with Crippen LogP contribution in [0.5, 0.6) is 0 Å². The molecule has 0 spiro atoms. The minimum Gasteiger partial charge on any atom is -0.197 e. The fourth-order valence-electron chi connectivity index (χ4n) is 5.51. The second-order valence-electron chi connectivity index (χ2n) is 11.9. The molecule has 0 aromatic heterocycles. The molecule has 0 amide bonds. The maximum atomic E-state index is 11.7. The van der Waals surface area contributed by atoms with Crippen molar-refractivity contribution in [2.75, 3.05) is 5.75 Å². The third kappa shape index (κ3) is 32.1. The summed E-state index contributed by atoms with van der Waals surface area (Å²) in [5.41, 5.74) is 0. The van der Waals surface area contributed by atoms with Gasteiger partial charge in [-0.2, -0.15) is 8.42 Å². The van der Waals surface area contributed by atoms with E-state index in [1.807, 2.05) is 0 Å². The molecule has 0 radical (unpaired) electrons. The topological polar surface area (TPSA) is 43.4 Å². The monoisotopic (exact) mass is 562 g/mol. The molecule has 0 aliphatic heterocycles. The van der Waals surface area contributed by atoms with Crippen LogP contribution in [0.25, 0.3) is 0 Å². The van der Waals surface area contributed by atoms with Gasteiger partial charge in [0.2, 0.25) is 0 Å². The highest BCUT2D eigenvalue weighted by Crippen LogP contribution is 2.16. The number of hydrogen-bond acceptors (Lipinski definition) is 3. The summed E-state index contributed by atoms with van der Waals surface area (Å²) in [5, 5.41) is 0. The maximum absolute atomic E-state index is 11.7. The lowest BCUT2D eigenvalue weighted by molar-refractivity contribution is 0.00288. The molecule has 5 heteroatoms. The summed E-state index contributed by atoms with van der Waals surface area (Å²) in [6.07, 6.45) is 41.8. The number of hydrogen-bond donors (Lipinski definition) is 0. The van der Waals surface area contributed by atoms with Crippen molar-refractivity contribution in [1.82, 2.24) is 0 Å². The number of rotatable bonds is 33. The van der Waals surface area contributed by atoms with Gasteiger partial charge < -0.3 is 0 Å². The van der Waals surface area contributed by atoms with Gasteiger partial charge in [0, 0.05) is 0 Å². The zero-order chi connectivity index (χ0) is 27.8. The molecule has 0 saturated heterocycles. The molecule has 0 atom stereocenters. The summed E-state index contributed by atoms with van der Waals surface area (Å²) in [6, 6.07) is 0. The van der Waals surface area contributed by atoms with Crippen LogP contribution < -0.4 is 0 Å². The van der Waals surface area contributed by atoms with E-state index in [4.69, 9.17) is 0 Å². The van der Waals surface area contributed by atoms with Gasteiger partial charge in [-0.25, -0.2) is 0 Å². The van der Waals surface area contributed by atoms with Crippen LogP contribution in [0, 0.1) is 0 Å². The average Bonchev–Trinajstić information content (AvgIpc) is 2.91. The van der Waals surface area contributed by atoms with Gasteiger partial charge in [-0.05, 0) is 10.9 Å². The third-order valence-corrected chi connectivity index (χ3v) is 9.07. The first-order valence-electron chi connectivity index (χ1n) is 17.2. The fourth-order valence-corrected chi connectivity index (χ4v) is 6.13. The minimum atomic E-state index is -3.92. The zero-order valence-corrected chi connectivity index (χ0v) is 26.5. The van der Waals surface area contributed by atoms with Gasteiger partial charge in [0.05, 0.1) is 5.75 Å². The van der Waals surface area contributed by atoms with Gasteiger partial charge in [-0.3, -0.25) is 0 Å². The standard InChI is InChI=1S/C33H67FO3S/c1-2-3-4-5-6-7-8-9-10-11-12-13-14-15-16-17-18-19-20-21-22-23-24-25-26-27-28-29-30-31-32-33-38(35,36)37-34/h2-33H2,1H3.